The molecular formula is C24H26ClNO. The summed E-state index contributed by atoms with van der Waals surface area (Å²) in [6.45, 7) is 5.60. The van der Waals surface area contributed by atoms with Crippen molar-refractivity contribution in [3.05, 3.63) is 71.3 Å². The van der Waals surface area contributed by atoms with Gasteiger partial charge < -0.3 is 4.90 Å². The highest BCUT2D eigenvalue weighted by Crippen LogP contribution is 2.43. The number of carbonyl (C=O) groups is 1. The average Bonchev–Trinajstić information content (AvgIpc) is 2.87. The van der Waals surface area contributed by atoms with Gasteiger partial charge in [-0.1, -0.05) is 62.4 Å². The molecular weight excluding hydrogens is 354 g/mol. The van der Waals surface area contributed by atoms with Gasteiger partial charge in [0, 0.05) is 23.2 Å². The fraction of sp³-hybridized carbons (Fsp3) is 0.292. The summed E-state index contributed by atoms with van der Waals surface area (Å²) in [5.41, 5.74) is 5.28. The molecule has 140 valence electrons. The lowest BCUT2D eigenvalue weighted by molar-refractivity contribution is 0.104. The van der Waals surface area contributed by atoms with Crippen molar-refractivity contribution < 1.29 is 4.79 Å². The van der Waals surface area contributed by atoms with Crippen LogP contribution in [-0.4, -0.2) is 31.3 Å². The van der Waals surface area contributed by atoms with Gasteiger partial charge in [-0.15, -0.1) is 12.4 Å². The molecule has 0 N–H and O–H groups in total. The molecule has 0 bridgehead atoms. The number of hydrogen-bond donors (Lipinski definition) is 0. The Morgan fingerprint density at radius 2 is 1.44 bits per heavy atom. The first kappa shape index (κ1) is 19.6. The zero-order chi connectivity index (χ0) is 18.5. The van der Waals surface area contributed by atoms with Gasteiger partial charge in [0.2, 0.25) is 0 Å². The van der Waals surface area contributed by atoms with E-state index < -0.39 is 0 Å². The van der Waals surface area contributed by atoms with Crippen LogP contribution in [0.3, 0.4) is 0 Å². The van der Waals surface area contributed by atoms with Crippen LogP contribution in [0.4, 0.5) is 0 Å². The minimum Gasteiger partial charge on any atom is -0.309 e. The van der Waals surface area contributed by atoms with E-state index >= 15 is 0 Å². The molecule has 27 heavy (non-hydrogen) atoms. The Morgan fingerprint density at radius 1 is 0.852 bits per heavy atom. The fourth-order valence-electron chi connectivity index (χ4n) is 4.54. The summed E-state index contributed by atoms with van der Waals surface area (Å²) in [7, 11) is 4.23. The topological polar surface area (TPSA) is 20.3 Å². The van der Waals surface area contributed by atoms with Crippen molar-refractivity contribution in [3.63, 3.8) is 0 Å². The molecule has 4 rings (SSSR count). The van der Waals surface area contributed by atoms with Crippen LogP contribution < -0.4 is 0 Å². The fourth-order valence-corrected chi connectivity index (χ4v) is 4.54. The van der Waals surface area contributed by atoms with E-state index in [0.717, 1.165) is 35.2 Å². The van der Waals surface area contributed by atoms with Crippen molar-refractivity contribution in [2.75, 3.05) is 20.6 Å². The molecule has 0 saturated heterocycles. The molecule has 1 aliphatic rings. The number of carbonyl (C=O) groups excluding carboxylic acids is 1. The number of hydrogen-bond acceptors (Lipinski definition) is 2. The predicted octanol–water partition coefficient (Wildman–Crippen LogP) is 5.60. The highest BCUT2D eigenvalue weighted by Gasteiger charge is 2.30. The van der Waals surface area contributed by atoms with E-state index in [1.807, 2.05) is 18.2 Å². The van der Waals surface area contributed by atoms with E-state index in [9.17, 15) is 4.79 Å². The van der Waals surface area contributed by atoms with E-state index in [4.69, 9.17) is 0 Å². The smallest absolute Gasteiger partial charge is 0.194 e. The molecule has 0 heterocycles. The van der Waals surface area contributed by atoms with Crippen molar-refractivity contribution in [2.45, 2.75) is 20.3 Å². The number of nitrogens with zero attached hydrogens (tertiary/aromatic N) is 1. The average molecular weight is 380 g/mol. The largest absolute Gasteiger partial charge is 0.309 e. The van der Waals surface area contributed by atoms with Crippen LogP contribution in [0.5, 0.6) is 0 Å². The molecule has 0 amide bonds. The minimum atomic E-state index is 0. The number of rotatable bonds is 4. The third-order valence-corrected chi connectivity index (χ3v) is 5.23. The van der Waals surface area contributed by atoms with E-state index in [2.05, 4.69) is 69.2 Å². The summed E-state index contributed by atoms with van der Waals surface area (Å²) in [5.74, 6) is 0.160. The van der Waals surface area contributed by atoms with E-state index in [0.29, 0.717) is 0 Å². The molecule has 3 aromatic carbocycles. The van der Waals surface area contributed by atoms with Crippen LogP contribution in [0.2, 0.25) is 0 Å². The summed E-state index contributed by atoms with van der Waals surface area (Å²) in [4.78, 5) is 15.3. The van der Waals surface area contributed by atoms with Gasteiger partial charge in [0.25, 0.3) is 0 Å². The van der Waals surface area contributed by atoms with Gasteiger partial charge in [-0.3, -0.25) is 4.79 Å². The summed E-state index contributed by atoms with van der Waals surface area (Å²) < 4.78 is 0. The molecule has 0 aliphatic heterocycles. The van der Waals surface area contributed by atoms with Crippen LogP contribution in [0.1, 0.15) is 35.3 Å². The van der Waals surface area contributed by atoms with Gasteiger partial charge in [0.05, 0.1) is 0 Å². The maximum Gasteiger partial charge on any atom is 0.194 e. The summed E-state index contributed by atoms with van der Waals surface area (Å²) in [5, 5.41) is 2.46. The van der Waals surface area contributed by atoms with Crippen molar-refractivity contribution in [3.8, 4) is 11.1 Å². The Labute approximate surface area is 167 Å². The maximum atomic E-state index is 13.0. The van der Waals surface area contributed by atoms with Gasteiger partial charge in [0.15, 0.2) is 5.78 Å². The highest BCUT2D eigenvalue weighted by atomic mass is 35.5. The molecule has 0 fully saturated rings. The van der Waals surface area contributed by atoms with E-state index in [-0.39, 0.29) is 23.6 Å². The molecule has 0 atom stereocenters. The molecule has 2 nitrogen and oxygen atoms in total. The third-order valence-electron chi connectivity index (χ3n) is 5.23. The second-order valence-corrected chi connectivity index (χ2v) is 8.46. The lowest BCUT2D eigenvalue weighted by Crippen LogP contribution is -2.30. The number of ketones is 1. The molecule has 3 heteroatoms. The molecule has 0 aromatic heterocycles. The minimum absolute atomic E-state index is 0. The van der Waals surface area contributed by atoms with E-state index in [1.54, 1.807) is 0 Å². The van der Waals surface area contributed by atoms with Crippen molar-refractivity contribution in [2.24, 2.45) is 5.41 Å². The third kappa shape index (κ3) is 3.40. The zero-order valence-corrected chi connectivity index (χ0v) is 17.2. The first-order chi connectivity index (χ1) is 12.4. The Balaban J connectivity index is 0.00000210. The molecule has 0 unspecified atom stereocenters. The number of fused-ring (bicyclic) bond motifs is 5. The van der Waals surface area contributed by atoms with Gasteiger partial charge >= 0.3 is 0 Å². The Kier molecular flexibility index (Phi) is 5.16. The zero-order valence-electron chi connectivity index (χ0n) is 16.4. The summed E-state index contributed by atoms with van der Waals surface area (Å²) in [6.07, 6.45) is 0.947. The summed E-state index contributed by atoms with van der Waals surface area (Å²) in [6, 6.07) is 18.7. The van der Waals surface area contributed by atoms with Crippen LogP contribution in [-0.2, 0) is 6.42 Å². The molecule has 1 aliphatic carbocycles. The SMILES string of the molecule is CN(C)CC(C)(C)Cc1cc2c(c3ccccc13)-c1ccccc1C2=O.Cl. The molecule has 0 spiro atoms. The summed E-state index contributed by atoms with van der Waals surface area (Å²) >= 11 is 0. The number of benzene rings is 3. The van der Waals surface area contributed by atoms with Crippen LogP contribution >= 0.6 is 12.4 Å². The normalized spacial score (nSPS) is 12.9. The van der Waals surface area contributed by atoms with Crippen LogP contribution in [0, 0.1) is 5.41 Å². The second-order valence-electron chi connectivity index (χ2n) is 8.46. The van der Waals surface area contributed by atoms with Crippen molar-refractivity contribution >= 4 is 29.0 Å². The maximum absolute atomic E-state index is 13.0. The van der Waals surface area contributed by atoms with Gasteiger partial charge in [-0.2, -0.15) is 0 Å². The van der Waals surface area contributed by atoms with Gasteiger partial charge in [0.1, 0.15) is 0 Å². The first-order valence-corrected chi connectivity index (χ1v) is 9.21. The van der Waals surface area contributed by atoms with Crippen molar-refractivity contribution in [1.82, 2.24) is 4.90 Å². The lowest BCUT2D eigenvalue weighted by atomic mass is 9.82. The highest BCUT2D eigenvalue weighted by molar-refractivity contribution is 6.26. The Hall–Kier alpha value is -2.16. The monoisotopic (exact) mass is 379 g/mol. The second kappa shape index (κ2) is 7.10. The molecule has 0 saturated carbocycles. The number of halogens is 1. The van der Waals surface area contributed by atoms with Crippen molar-refractivity contribution in [1.29, 1.82) is 0 Å². The van der Waals surface area contributed by atoms with Crippen LogP contribution in [0.25, 0.3) is 21.9 Å². The standard InChI is InChI=1S/C24H25NO.ClH/c1-24(2,15-25(3)4)14-16-13-21-22(18-10-6-5-9-17(16)18)19-11-7-8-12-20(19)23(21)26;/h5-13H,14-15H2,1-4H3;1H. The lowest BCUT2D eigenvalue weighted by Gasteiger charge is -2.29. The first-order valence-electron chi connectivity index (χ1n) is 9.21. The van der Waals surface area contributed by atoms with E-state index in [1.165, 1.54) is 16.3 Å². The van der Waals surface area contributed by atoms with Gasteiger partial charge in [-0.25, -0.2) is 0 Å². The molecule has 3 aromatic rings. The quantitative estimate of drug-likeness (QED) is 0.459. The molecule has 0 radical (unpaired) electrons. The Morgan fingerprint density at radius 3 is 2.11 bits per heavy atom. The van der Waals surface area contributed by atoms with Crippen LogP contribution in [0.15, 0.2) is 54.6 Å². The van der Waals surface area contributed by atoms with Gasteiger partial charge in [-0.05, 0) is 53.9 Å². The predicted molar refractivity (Wildman–Crippen MR) is 116 cm³/mol. The Bertz CT molecular complexity index is 1020.